The van der Waals surface area contributed by atoms with E-state index < -0.39 is 21.4 Å². The number of piperidine rings is 1. The van der Waals surface area contributed by atoms with Gasteiger partial charge in [-0.1, -0.05) is 13.8 Å². The highest BCUT2D eigenvalue weighted by Gasteiger charge is 2.41. The predicted molar refractivity (Wildman–Crippen MR) is 69.8 cm³/mol. The fraction of sp³-hybridized carbons (Fsp3) is 0.917. The first kappa shape index (κ1) is 15.4. The Morgan fingerprint density at radius 3 is 2.56 bits per heavy atom. The number of aliphatic carboxylic acids is 1. The van der Waals surface area contributed by atoms with Gasteiger partial charge in [-0.2, -0.15) is 0 Å². The Hall–Kier alpha value is -0.620. The van der Waals surface area contributed by atoms with Gasteiger partial charge in [-0.25, -0.2) is 12.7 Å². The molecular weight excluding hydrogens is 254 g/mol. The van der Waals surface area contributed by atoms with Gasteiger partial charge in [0.15, 0.2) is 0 Å². The number of hydrogen-bond acceptors (Lipinski definition) is 3. The maximum atomic E-state index is 12.1. The van der Waals surface area contributed by atoms with Crippen LogP contribution in [0.25, 0.3) is 0 Å². The molecule has 0 radical (unpaired) electrons. The zero-order valence-electron chi connectivity index (χ0n) is 11.3. The molecular formula is C12H23NO4S. The lowest BCUT2D eigenvalue weighted by atomic mass is 9.83. The molecule has 1 unspecified atom stereocenters. The molecule has 5 nitrogen and oxygen atoms in total. The molecule has 1 N–H and O–H groups in total. The van der Waals surface area contributed by atoms with Gasteiger partial charge < -0.3 is 5.11 Å². The summed E-state index contributed by atoms with van der Waals surface area (Å²) in [5, 5.41) is 9.18. The van der Waals surface area contributed by atoms with Crippen LogP contribution in [0.4, 0.5) is 0 Å². The SMILES string of the molecule is CC(C)CCS(=O)(=O)N1CCCC(C)(C(=O)O)C1. The van der Waals surface area contributed by atoms with Gasteiger partial charge in [-0.3, -0.25) is 4.79 Å². The smallest absolute Gasteiger partial charge is 0.310 e. The Morgan fingerprint density at radius 2 is 2.06 bits per heavy atom. The molecule has 1 aliphatic rings. The fourth-order valence-corrected chi connectivity index (χ4v) is 4.04. The first-order valence-electron chi connectivity index (χ1n) is 6.38. The van der Waals surface area contributed by atoms with E-state index in [1.54, 1.807) is 6.92 Å². The summed E-state index contributed by atoms with van der Waals surface area (Å²) in [6.07, 6.45) is 1.77. The van der Waals surface area contributed by atoms with E-state index in [2.05, 4.69) is 0 Å². The van der Waals surface area contributed by atoms with Gasteiger partial charge in [0.1, 0.15) is 0 Å². The molecule has 0 spiro atoms. The van der Waals surface area contributed by atoms with Gasteiger partial charge in [-0.05, 0) is 32.1 Å². The van der Waals surface area contributed by atoms with Gasteiger partial charge in [0.25, 0.3) is 0 Å². The zero-order chi connectivity index (χ0) is 14.0. The van der Waals surface area contributed by atoms with E-state index in [0.29, 0.717) is 31.7 Å². The first-order valence-corrected chi connectivity index (χ1v) is 7.99. The lowest BCUT2D eigenvalue weighted by Gasteiger charge is -2.36. The molecule has 1 aliphatic heterocycles. The molecule has 106 valence electrons. The molecule has 0 saturated carbocycles. The average molecular weight is 277 g/mol. The summed E-state index contributed by atoms with van der Waals surface area (Å²) in [6, 6.07) is 0. The minimum atomic E-state index is -3.31. The standard InChI is InChI=1S/C12H23NO4S/c1-10(2)5-8-18(16,17)13-7-4-6-12(3,9-13)11(14)15/h10H,4-9H2,1-3H3,(H,14,15). The van der Waals surface area contributed by atoms with E-state index in [-0.39, 0.29) is 12.3 Å². The molecule has 0 bridgehead atoms. The number of hydrogen-bond donors (Lipinski definition) is 1. The van der Waals surface area contributed by atoms with Crippen molar-refractivity contribution >= 4 is 16.0 Å². The summed E-state index contributed by atoms with van der Waals surface area (Å²) in [6.45, 7) is 6.13. The normalized spacial score (nSPS) is 26.4. The van der Waals surface area contributed by atoms with Crippen molar-refractivity contribution < 1.29 is 18.3 Å². The van der Waals surface area contributed by atoms with E-state index in [4.69, 9.17) is 0 Å². The van der Waals surface area contributed by atoms with Gasteiger partial charge in [0, 0.05) is 13.1 Å². The second-order valence-corrected chi connectivity index (χ2v) is 7.89. The summed E-state index contributed by atoms with van der Waals surface area (Å²) < 4.78 is 25.6. The maximum Gasteiger partial charge on any atom is 0.310 e. The average Bonchev–Trinajstić information content (AvgIpc) is 2.26. The van der Waals surface area contributed by atoms with Crippen LogP contribution in [0.3, 0.4) is 0 Å². The van der Waals surface area contributed by atoms with Crippen molar-refractivity contribution in [3.8, 4) is 0 Å². The minimum absolute atomic E-state index is 0.1000. The number of carboxylic acid groups (broad SMARTS) is 1. The number of nitrogens with zero attached hydrogens (tertiary/aromatic N) is 1. The van der Waals surface area contributed by atoms with Crippen LogP contribution >= 0.6 is 0 Å². The topological polar surface area (TPSA) is 74.7 Å². The molecule has 1 rings (SSSR count). The first-order chi connectivity index (χ1) is 8.17. The molecule has 0 aromatic rings. The van der Waals surface area contributed by atoms with Crippen LogP contribution in [0.15, 0.2) is 0 Å². The zero-order valence-corrected chi connectivity index (χ0v) is 12.2. The highest BCUT2D eigenvalue weighted by molar-refractivity contribution is 7.89. The molecule has 1 fully saturated rings. The van der Waals surface area contributed by atoms with Crippen LogP contribution in [0.2, 0.25) is 0 Å². The third kappa shape index (κ3) is 3.68. The number of sulfonamides is 1. The molecule has 0 aromatic heterocycles. The van der Waals surface area contributed by atoms with Crippen LogP contribution in [-0.2, 0) is 14.8 Å². The van der Waals surface area contributed by atoms with E-state index in [1.165, 1.54) is 4.31 Å². The maximum absolute atomic E-state index is 12.1. The Kier molecular flexibility index (Phi) is 4.78. The summed E-state index contributed by atoms with van der Waals surface area (Å²) in [4.78, 5) is 11.2. The molecule has 6 heteroatoms. The second kappa shape index (κ2) is 5.57. The molecule has 0 amide bonds. The van der Waals surface area contributed by atoms with Crippen molar-refractivity contribution in [1.82, 2.24) is 4.31 Å². The summed E-state index contributed by atoms with van der Waals surface area (Å²) in [7, 11) is -3.31. The van der Waals surface area contributed by atoms with Crippen LogP contribution in [0.1, 0.15) is 40.0 Å². The van der Waals surface area contributed by atoms with Crippen LogP contribution in [0, 0.1) is 11.3 Å². The summed E-state index contributed by atoms with van der Waals surface area (Å²) >= 11 is 0. The van der Waals surface area contributed by atoms with Crippen molar-refractivity contribution in [2.24, 2.45) is 11.3 Å². The molecule has 18 heavy (non-hydrogen) atoms. The van der Waals surface area contributed by atoms with Crippen LogP contribution in [0.5, 0.6) is 0 Å². The third-order valence-corrected chi connectivity index (χ3v) is 5.37. The molecule has 0 aromatic carbocycles. The van der Waals surface area contributed by atoms with Gasteiger partial charge >= 0.3 is 5.97 Å². The Labute approximate surface area is 109 Å². The van der Waals surface area contributed by atoms with Crippen LogP contribution in [-0.4, -0.2) is 42.6 Å². The van der Waals surface area contributed by atoms with Crippen molar-refractivity contribution in [3.05, 3.63) is 0 Å². The monoisotopic (exact) mass is 277 g/mol. The molecule has 0 aliphatic carbocycles. The van der Waals surface area contributed by atoms with Gasteiger partial charge in [0.05, 0.1) is 11.2 Å². The largest absolute Gasteiger partial charge is 0.481 e. The highest BCUT2D eigenvalue weighted by Crippen LogP contribution is 2.31. The molecule has 1 atom stereocenters. The summed E-state index contributed by atoms with van der Waals surface area (Å²) in [5.41, 5.74) is -0.941. The Bertz CT molecular complexity index is 404. The minimum Gasteiger partial charge on any atom is -0.481 e. The predicted octanol–water partition coefficient (Wildman–Crippen LogP) is 1.55. The van der Waals surface area contributed by atoms with Crippen molar-refractivity contribution in [2.45, 2.75) is 40.0 Å². The van der Waals surface area contributed by atoms with Crippen molar-refractivity contribution in [1.29, 1.82) is 0 Å². The highest BCUT2D eigenvalue weighted by atomic mass is 32.2. The van der Waals surface area contributed by atoms with Gasteiger partial charge in [-0.15, -0.1) is 0 Å². The van der Waals surface area contributed by atoms with E-state index in [0.717, 1.165) is 0 Å². The summed E-state index contributed by atoms with van der Waals surface area (Å²) in [5.74, 6) is -0.470. The number of carboxylic acids is 1. The van der Waals surface area contributed by atoms with Crippen LogP contribution < -0.4 is 0 Å². The van der Waals surface area contributed by atoms with Crippen molar-refractivity contribution in [3.63, 3.8) is 0 Å². The van der Waals surface area contributed by atoms with Crippen molar-refractivity contribution in [2.75, 3.05) is 18.8 Å². The molecule has 1 saturated heterocycles. The molecule has 1 heterocycles. The lowest BCUT2D eigenvalue weighted by molar-refractivity contribution is -0.150. The van der Waals surface area contributed by atoms with E-state index in [9.17, 15) is 18.3 Å². The fourth-order valence-electron chi connectivity index (χ4n) is 2.12. The quantitative estimate of drug-likeness (QED) is 0.827. The van der Waals surface area contributed by atoms with Gasteiger partial charge in [0.2, 0.25) is 10.0 Å². The Balaban J connectivity index is 2.74. The van der Waals surface area contributed by atoms with E-state index >= 15 is 0 Å². The third-order valence-electron chi connectivity index (χ3n) is 3.52. The number of rotatable bonds is 5. The number of carbonyl (C=O) groups is 1. The second-order valence-electron chi connectivity index (χ2n) is 5.80. The van der Waals surface area contributed by atoms with E-state index in [1.807, 2.05) is 13.8 Å². The lowest BCUT2D eigenvalue weighted by Crippen LogP contribution is -2.49. The Morgan fingerprint density at radius 1 is 1.44 bits per heavy atom.